The summed E-state index contributed by atoms with van der Waals surface area (Å²) < 4.78 is 26.7. The third-order valence-corrected chi connectivity index (χ3v) is 6.72. The lowest BCUT2D eigenvalue weighted by Gasteiger charge is -2.16. The second-order valence-electron chi connectivity index (χ2n) is 4.13. The van der Waals surface area contributed by atoms with E-state index in [-0.39, 0.29) is 18.0 Å². The molecule has 2 heterocycles. The van der Waals surface area contributed by atoms with Gasteiger partial charge in [-0.25, -0.2) is 8.42 Å². The van der Waals surface area contributed by atoms with Gasteiger partial charge < -0.3 is 5.11 Å². The fraction of sp³-hybridized carbons (Fsp3) is 0.250. The molecule has 0 aromatic carbocycles. The van der Waals surface area contributed by atoms with Crippen LogP contribution in [0.1, 0.15) is 10.4 Å². The Balaban J connectivity index is 2.27. The van der Waals surface area contributed by atoms with E-state index in [1.54, 1.807) is 18.5 Å². The lowest BCUT2D eigenvalue weighted by Crippen LogP contribution is -2.26. The van der Waals surface area contributed by atoms with Crippen molar-refractivity contribution in [2.75, 3.05) is 7.05 Å². The second kappa shape index (κ2) is 6.31. The van der Waals surface area contributed by atoms with Gasteiger partial charge in [-0.3, -0.25) is 4.98 Å². The molecular weight excluding hydrogens is 364 g/mol. The topological polar surface area (TPSA) is 70.5 Å². The number of rotatable bonds is 5. The molecular formula is C12H13BrN2O3S2. The number of hydrogen-bond donors (Lipinski definition) is 1. The van der Waals surface area contributed by atoms with Gasteiger partial charge in [0.2, 0.25) is 10.0 Å². The van der Waals surface area contributed by atoms with E-state index in [0.29, 0.717) is 8.66 Å². The van der Waals surface area contributed by atoms with Crippen molar-refractivity contribution in [1.29, 1.82) is 0 Å². The standard InChI is InChI=1S/C12H13BrN2O3S2/c1-15(7-9-3-2-4-14-6-9)20(17,18)11-5-10(8-16)19-12(11)13/h2-6,16H,7-8H2,1H3. The van der Waals surface area contributed by atoms with Crippen molar-refractivity contribution in [3.63, 3.8) is 0 Å². The van der Waals surface area contributed by atoms with Crippen LogP contribution in [0.5, 0.6) is 0 Å². The van der Waals surface area contributed by atoms with Crippen molar-refractivity contribution in [2.45, 2.75) is 18.0 Å². The number of sulfonamides is 1. The fourth-order valence-electron chi connectivity index (χ4n) is 1.65. The number of thiophene rings is 1. The molecule has 1 N–H and O–H groups in total. The zero-order chi connectivity index (χ0) is 14.8. The van der Waals surface area contributed by atoms with E-state index in [9.17, 15) is 8.42 Å². The highest BCUT2D eigenvalue weighted by molar-refractivity contribution is 9.11. The molecule has 2 rings (SSSR count). The first-order valence-corrected chi connectivity index (χ1v) is 8.74. The minimum atomic E-state index is -3.60. The molecule has 8 heteroatoms. The van der Waals surface area contributed by atoms with Gasteiger partial charge in [0.25, 0.3) is 0 Å². The Morgan fingerprint density at radius 1 is 1.50 bits per heavy atom. The van der Waals surface area contributed by atoms with E-state index < -0.39 is 10.0 Å². The Morgan fingerprint density at radius 3 is 2.80 bits per heavy atom. The second-order valence-corrected chi connectivity index (χ2v) is 8.60. The molecule has 0 aliphatic rings. The summed E-state index contributed by atoms with van der Waals surface area (Å²) in [5, 5.41) is 9.09. The van der Waals surface area contributed by atoms with Crippen molar-refractivity contribution >= 4 is 37.3 Å². The van der Waals surface area contributed by atoms with Crippen LogP contribution in [0.3, 0.4) is 0 Å². The molecule has 108 valence electrons. The zero-order valence-electron chi connectivity index (χ0n) is 10.7. The fourth-order valence-corrected chi connectivity index (χ4v) is 5.30. The van der Waals surface area contributed by atoms with Crippen LogP contribution in [0.25, 0.3) is 0 Å². The average molecular weight is 377 g/mol. The van der Waals surface area contributed by atoms with Gasteiger partial charge in [-0.05, 0) is 33.6 Å². The van der Waals surface area contributed by atoms with Crippen LogP contribution in [0, 0.1) is 0 Å². The molecule has 0 spiro atoms. The molecule has 0 saturated heterocycles. The third kappa shape index (κ3) is 3.26. The number of aliphatic hydroxyl groups excluding tert-OH is 1. The summed E-state index contributed by atoms with van der Waals surface area (Å²) in [6.45, 7) is 0.0675. The van der Waals surface area contributed by atoms with Crippen LogP contribution >= 0.6 is 27.3 Å². The molecule has 0 radical (unpaired) electrons. The van der Waals surface area contributed by atoms with Gasteiger partial charge in [0, 0.05) is 30.9 Å². The average Bonchev–Trinajstić information content (AvgIpc) is 2.82. The summed E-state index contributed by atoms with van der Waals surface area (Å²) in [4.78, 5) is 4.75. The quantitative estimate of drug-likeness (QED) is 0.868. The third-order valence-electron chi connectivity index (χ3n) is 2.68. The number of aromatic nitrogens is 1. The Labute approximate surface area is 130 Å². The highest BCUT2D eigenvalue weighted by atomic mass is 79.9. The first kappa shape index (κ1) is 15.6. The maximum Gasteiger partial charge on any atom is 0.245 e. The highest BCUT2D eigenvalue weighted by Gasteiger charge is 2.25. The first-order chi connectivity index (χ1) is 9.45. The monoisotopic (exact) mass is 376 g/mol. The molecule has 0 fully saturated rings. The Kier molecular flexibility index (Phi) is 4.92. The summed E-state index contributed by atoms with van der Waals surface area (Å²) in [6.07, 6.45) is 3.27. The number of hydrogen-bond acceptors (Lipinski definition) is 5. The van der Waals surface area contributed by atoms with Gasteiger partial charge in [0.1, 0.15) is 4.90 Å². The molecule has 2 aromatic rings. The number of pyridine rings is 1. The zero-order valence-corrected chi connectivity index (χ0v) is 13.9. The van der Waals surface area contributed by atoms with Crippen molar-refractivity contribution < 1.29 is 13.5 Å². The van der Waals surface area contributed by atoms with Gasteiger partial charge in [-0.1, -0.05) is 6.07 Å². The van der Waals surface area contributed by atoms with E-state index in [1.807, 2.05) is 6.07 Å². The highest BCUT2D eigenvalue weighted by Crippen LogP contribution is 2.33. The van der Waals surface area contributed by atoms with Gasteiger partial charge in [0.15, 0.2) is 0 Å². The van der Waals surface area contributed by atoms with Crippen LogP contribution in [-0.2, 0) is 23.2 Å². The van der Waals surface area contributed by atoms with Crippen LogP contribution in [0.4, 0.5) is 0 Å². The molecule has 2 aromatic heterocycles. The minimum Gasteiger partial charge on any atom is -0.391 e. The largest absolute Gasteiger partial charge is 0.391 e. The summed E-state index contributed by atoms with van der Waals surface area (Å²) in [6, 6.07) is 5.07. The van der Waals surface area contributed by atoms with Crippen molar-refractivity contribution in [3.8, 4) is 0 Å². The van der Waals surface area contributed by atoms with E-state index >= 15 is 0 Å². The Morgan fingerprint density at radius 2 is 2.25 bits per heavy atom. The van der Waals surface area contributed by atoms with Gasteiger partial charge in [-0.15, -0.1) is 11.3 Å². The molecule has 0 atom stereocenters. The predicted molar refractivity (Wildman–Crippen MR) is 80.8 cm³/mol. The summed E-state index contributed by atoms with van der Waals surface area (Å²) in [5.41, 5.74) is 0.812. The minimum absolute atomic E-state index is 0.175. The summed E-state index contributed by atoms with van der Waals surface area (Å²) >= 11 is 4.45. The van der Waals surface area contributed by atoms with Crippen LogP contribution in [0.15, 0.2) is 39.3 Å². The molecule has 0 aliphatic heterocycles. The van der Waals surface area contributed by atoms with E-state index in [4.69, 9.17) is 5.11 Å². The lowest BCUT2D eigenvalue weighted by atomic mass is 10.3. The van der Waals surface area contributed by atoms with Gasteiger partial charge in [0.05, 0.1) is 10.4 Å². The SMILES string of the molecule is CN(Cc1cccnc1)S(=O)(=O)c1cc(CO)sc1Br. The summed E-state index contributed by atoms with van der Waals surface area (Å²) in [5.74, 6) is 0. The number of nitrogens with zero attached hydrogens (tertiary/aromatic N) is 2. The van der Waals surface area contributed by atoms with Crippen LogP contribution < -0.4 is 0 Å². The normalized spacial score (nSPS) is 12.0. The van der Waals surface area contributed by atoms with Crippen LogP contribution in [-0.4, -0.2) is 29.9 Å². The Hall–Kier alpha value is -0.800. The van der Waals surface area contributed by atoms with Gasteiger partial charge >= 0.3 is 0 Å². The predicted octanol–water partition coefficient (Wildman–Crippen LogP) is 2.22. The number of aliphatic hydroxyl groups is 1. The molecule has 0 bridgehead atoms. The lowest BCUT2D eigenvalue weighted by molar-refractivity contribution is 0.285. The van der Waals surface area contributed by atoms with Crippen molar-refractivity contribution in [1.82, 2.24) is 9.29 Å². The van der Waals surface area contributed by atoms with E-state index in [0.717, 1.165) is 5.56 Å². The van der Waals surface area contributed by atoms with Crippen molar-refractivity contribution in [2.24, 2.45) is 0 Å². The maximum absolute atomic E-state index is 12.5. The summed E-state index contributed by atoms with van der Waals surface area (Å²) in [7, 11) is -2.08. The molecule has 20 heavy (non-hydrogen) atoms. The first-order valence-electron chi connectivity index (χ1n) is 5.69. The molecule has 5 nitrogen and oxygen atoms in total. The van der Waals surface area contributed by atoms with E-state index in [2.05, 4.69) is 20.9 Å². The molecule has 0 amide bonds. The van der Waals surface area contributed by atoms with Gasteiger partial charge in [-0.2, -0.15) is 4.31 Å². The molecule has 0 aliphatic carbocycles. The maximum atomic E-state index is 12.5. The Bertz CT molecular complexity index is 686. The number of halogens is 1. The van der Waals surface area contributed by atoms with E-state index in [1.165, 1.54) is 28.8 Å². The molecule has 0 saturated carbocycles. The van der Waals surface area contributed by atoms with Crippen LogP contribution in [0.2, 0.25) is 0 Å². The van der Waals surface area contributed by atoms with Crippen molar-refractivity contribution in [3.05, 3.63) is 44.8 Å². The molecule has 0 unspecified atom stereocenters. The smallest absolute Gasteiger partial charge is 0.245 e.